The Morgan fingerprint density at radius 2 is 1.61 bits per heavy atom. The number of aliphatic hydroxyl groups excluding tert-OH is 2. The zero-order valence-corrected chi connectivity index (χ0v) is 17.5. The molecule has 158 valence electrons. The van der Waals surface area contributed by atoms with Crippen molar-refractivity contribution < 1.29 is 20.4 Å². The zero-order valence-electron chi connectivity index (χ0n) is 17.5. The van der Waals surface area contributed by atoms with E-state index in [-0.39, 0.29) is 23.5 Å². The van der Waals surface area contributed by atoms with Crippen molar-refractivity contribution in [3.8, 4) is 0 Å². The summed E-state index contributed by atoms with van der Waals surface area (Å²) in [5.74, 6) is 3.82. The van der Waals surface area contributed by atoms with Gasteiger partial charge in [-0.15, -0.1) is 0 Å². The monoisotopic (exact) mass is 390 g/mol. The second-order valence-electron chi connectivity index (χ2n) is 12.2. The first-order valence-electron chi connectivity index (χ1n) is 11.9. The van der Waals surface area contributed by atoms with Crippen LogP contribution in [0.3, 0.4) is 0 Å². The normalized spacial score (nSPS) is 66.2. The molecule has 0 heterocycles. The van der Waals surface area contributed by atoms with Crippen LogP contribution in [0.15, 0.2) is 0 Å². The van der Waals surface area contributed by atoms with Crippen molar-refractivity contribution in [2.45, 2.75) is 88.9 Å². The van der Waals surface area contributed by atoms with Crippen LogP contribution in [-0.4, -0.2) is 44.3 Å². The smallest absolute Gasteiger partial charge is 0.0759 e. The Morgan fingerprint density at radius 1 is 0.893 bits per heavy atom. The molecule has 12 unspecified atom stereocenters. The minimum Gasteiger partial charge on any atom is -0.396 e. The summed E-state index contributed by atoms with van der Waals surface area (Å²) < 4.78 is 0. The van der Waals surface area contributed by atoms with Gasteiger partial charge in [-0.2, -0.15) is 0 Å². The molecule has 6 rings (SSSR count). The van der Waals surface area contributed by atoms with Crippen molar-refractivity contribution in [1.29, 1.82) is 0 Å². The number of hydrogen-bond acceptors (Lipinski definition) is 4. The Balaban J connectivity index is 1.38. The summed E-state index contributed by atoms with van der Waals surface area (Å²) in [5.41, 5.74) is -1.38. The fourth-order valence-corrected chi connectivity index (χ4v) is 10.1. The van der Waals surface area contributed by atoms with Crippen molar-refractivity contribution in [1.82, 2.24) is 0 Å². The van der Waals surface area contributed by atoms with Crippen LogP contribution in [0, 0.1) is 52.3 Å². The lowest BCUT2D eigenvalue weighted by Gasteiger charge is -2.64. The van der Waals surface area contributed by atoms with Gasteiger partial charge in [-0.3, -0.25) is 0 Å². The standard InChI is InChI=1S/C24H38O4/c1-21-7-4-13(26)12-24(21,28)17-10-14(17)19-16(21)5-8-22(2)20(19)15-11-18(15)23(22,27)6-3-9-25/h13-20,25-28H,3-12H2,1-2H3. The quantitative estimate of drug-likeness (QED) is 0.597. The second kappa shape index (κ2) is 5.36. The molecule has 0 spiro atoms. The number of hydrogen-bond donors (Lipinski definition) is 4. The molecule has 0 aromatic rings. The lowest BCUT2D eigenvalue weighted by molar-refractivity contribution is -0.237. The van der Waals surface area contributed by atoms with Gasteiger partial charge in [-0.05, 0) is 104 Å². The predicted molar refractivity (Wildman–Crippen MR) is 105 cm³/mol. The van der Waals surface area contributed by atoms with Gasteiger partial charge in [0.25, 0.3) is 0 Å². The molecule has 0 bridgehead atoms. The van der Waals surface area contributed by atoms with Crippen molar-refractivity contribution in [2.75, 3.05) is 6.61 Å². The van der Waals surface area contributed by atoms with E-state index >= 15 is 0 Å². The molecular weight excluding hydrogens is 352 g/mol. The second-order valence-corrected chi connectivity index (χ2v) is 12.2. The molecule has 4 heteroatoms. The highest BCUT2D eigenvalue weighted by Crippen LogP contribution is 2.82. The van der Waals surface area contributed by atoms with E-state index in [2.05, 4.69) is 13.8 Å². The van der Waals surface area contributed by atoms with Gasteiger partial charge in [-0.25, -0.2) is 0 Å². The molecule has 12 atom stereocenters. The van der Waals surface area contributed by atoms with E-state index in [1.165, 1.54) is 6.42 Å². The molecule has 0 saturated heterocycles. The van der Waals surface area contributed by atoms with Gasteiger partial charge in [0, 0.05) is 13.0 Å². The topological polar surface area (TPSA) is 80.9 Å². The lowest BCUT2D eigenvalue weighted by Crippen LogP contribution is -2.65. The fourth-order valence-electron chi connectivity index (χ4n) is 10.1. The Hall–Kier alpha value is -0.160. The van der Waals surface area contributed by atoms with Crippen LogP contribution in [0.2, 0.25) is 0 Å². The average molecular weight is 391 g/mol. The molecule has 6 fully saturated rings. The summed E-state index contributed by atoms with van der Waals surface area (Å²) >= 11 is 0. The highest BCUT2D eigenvalue weighted by atomic mass is 16.3. The van der Waals surface area contributed by atoms with Crippen LogP contribution in [0.4, 0.5) is 0 Å². The zero-order chi connectivity index (χ0) is 19.7. The maximum atomic E-state index is 11.9. The van der Waals surface area contributed by atoms with Gasteiger partial charge in [0.1, 0.15) is 0 Å². The third-order valence-electron chi connectivity index (χ3n) is 11.5. The molecule has 6 aliphatic carbocycles. The minimum absolute atomic E-state index is 0.0238. The molecule has 0 aliphatic heterocycles. The van der Waals surface area contributed by atoms with Crippen LogP contribution in [0.1, 0.15) is 71.6 Å². The Bertz CT molecular complexity index is 696. The highest BCUT2D eigenvalue weighted by molar-refractivity contribution is 5.29. The minimum atomic E-state index is -0.682. The molecule has 0 aromatic carbocycles. The Kier molecular flexibility index (Phi) is 3.56. The summed E-state index contributed by atoms with van der Waals surface area (Å²) in [4.78, 5) is 0. The van der Waals surface area contributed by atoms with Crippen LogP contribution in [0.5, 0.6) is 0 Å². The van der Waals surface area contributed by atoms with Gasteiger partial charge >= 0.3 is 0 Å². The van der Waals surface area contributed by atoms with E-state index in [4.69, 9.17) is 0 Å². The molecule has 0 aromatic heterocycles. The van der Waals surface area contributed by atoms with E-state index in [1.807, 2.05) is 0 Å². The molecule has 6 aliphatic rings. The summed E-state index contributed by atoms with van der Waals surface area (Å²) in [6.07, 6.45) is 7.91. The number of rotatable bonds is 3. The van der Waals surface area contributed by atoms with Gasteiger partial charge in [0.15, 0.2) is 0 Å². The first-order valence-corrected chi connectivity index (χ1v) is 11.9. The first kappa shape index (κ1) is 18.6. The fraction of sp³-hybridized carbons (Fsp3) is 1.00. The van der Waals surface area contributed by atoms with Crippen molar-refractivity contribution in [3.05, 3.63) is 0 Å². The summed E-state index contributed by atoms with van der Waals surface area (Å²) in [7, 11) is 0. The SMILES string of the molecule is CC12CCC(O)CC1(O)C1CC1C1C2CCC2(C)C1C1CC1C2(O)CCCO. The highest BCUT2D eigenvalue weighted by Gasteiger charge is 2.80. The number of fused-ring (bicyclic) bond motifs is 10. The van der Waals surface area contributed by atoms with Gasteiger partial charge in [0.05, 0.1) is 17.3 Å². The maximum absolute atomic E-state index is 11.9. The van der Waals surface area contributed by atoms with E-state index in [1.54, 1.807) is 0 Å². The van der Waals surface area contributed by atoms with Gasteiger partial charge < -0.3 is 20.4 Å². The molecule has 0 amide bonds. The largest absolute Gasteiger partial charge is 0.396 e. The third-order valence-corrected chi connectivity index (χ3v) is 11.5. The average Bonchev–Trinajstić information content (AvgIpc) is 3.54. The van der Waals surface area contributed by atoms with E-state index in [9.17, 15) is 20.4 Å². The van der Waals surface area contributed by atoms with E-state index in [0.29, 0.717) is 54.3 Å². The first-order chi connectivity index (χ1) is 13.2. The third kappa shape index (κ3) is 1.89. The Labute approximate surface area is 168 Å². The van der Waals surface area contributed by atoms with E-state index in [0.717, 1.165) is 38.5 Å². The summed E-state index contributed by atoms with van der Waals surface area (Å²) in [5, 5.41) is 43.4. The number of aliphatic hydroxyl groups is 4. The lowest BCUT2D eigenvalue weighted by atomic mass is 9.42. The molecule has 6 saturated carbocycles. The van der Waals surface area contributed by atoms with Crippen LogP contribution >= 0.6 is 0 Å². The van der Waals surface area contributed by atoms with Gasteiger partial charge in [0.2, 0.25) is 0 Å². The van der Waals surface area contributed by atoms with Crippen molar-refractivity contribution in [2.24, 2.45) is 52.3 Å². The van der Waals surface area contributed by atoms with E-state index < -0.39 is 11.2 Å². The molecule has 4 nitrogen and oxygen atoms in total. The predicted octanol–water partition coefficient (Wildman–Crippen LogP) is 2.72. The van der Waals surface area contributed by atoms with Crippen molar-refractivity contribution >= 4 is 0 Å². The molecule has 0 radical (unpaired) electrons. The maximum Gasteiger partial charge on any atom is 0.0759 e. The summed E-state index contributed by atoms with van der Waals surface area (Å²) in [6, 6.07) is 0. The van der Waals surface area contributed by atoms with Crippen LogP contribution in [0.25, 0.3) is 0 Å². The van der Waals surface area contributed by atoms with Crippen LogP contribution < -0.4 is 0 Å². The van der Waals surface area contributed by atoms with Crippen molar-refractivity contribution in [3.63, 3.8) is 0 Å². The summed E-state index contributed by atoms with van der Waals surface area (Å²) in [6.45, 7) is 4.87. The van der Waals surface area contributed by atoms with Crippen LogP contribution in [-0.2, 0) is 0 Å². The molecule has 4 N–H and O–H groups in total. The Morgan fingerprint density at radius 3 is 2.36 bits per heavy atom. The van der Waals surface area contributed by atoms with Gasteiger partial charge in [-0.1, -0.05) is 13.8 Å². The molecule has 28 heavy (non-hydrogen) atoms. The molecular formula is C24H38O4.